The molecule has 0 saturated carbocycles. The van der Waals surface area contributed by atoms with Gasteiger partial charge in [0.1, 0.15) is 12.6 Å². The molecule has 1 aliphatic rings. The third-order valence-electron chi connectivity index (χ3n) is 5.93. The average molecular weight is 478 g/mol. The summed E-state index contributed by atoms with van der Waals surface area (Å²) in [4.78, 5) is 36.1. The standard InChI is InChI=1S/C25H27N5O5/c1-2-7-21(23(31)26-12-13-30-14-22(24(32)33)28-29-30)27-25(34)35-15-20-18-10-5-3-8-16(18)17-9-4-6-11-19(17)20/h3-6,8-11,14,20-21H,2,7,12-13,15H2,1H3,(H,26,31)(H,27,34)(H,32,33)/t21-/m0/s1. The van der Waals surface area contributed by atoms with Gasteiger partial charge in [0.15, 0.2) is 5.69 Å². The van der Waals surface area contributed by atoms with Crippen LogP contribution in [0.3, 0.4) is 0 Å². The van der Waals surface area contributed by atoms with Crippen molar-refractivity contribution in [3.63, 3.8) is 0 Å². The van der Waals surface area contributed by atoms with Crippen molar-refractivity contribution in [1.29, 1.82) is 0 Å². The number of carbonyl (C=O) groups excluding carboxylic acids is 2. The SMILES string of the molecule is CCC[C@H](NC(=O)OCC1c2ccccc2-c2ccccc21)C(=O)NCCn1cc(C(=O)O)nn1. The summed E-state index contributed by atoms with van der Waals surface area (Å²) in [5.74, 6) is -1.58. The molecule has 0 aliphatic heterocycles. The van der Waals surface area contributed by atoms with Gasteiger partial charge in [-0.1, -0.05) is 67.1 Å². The molecule has 182 valence electrons. The first kappa shape index (κ1) is 23.9. The van der Waals surface area contributed by atoms with Crippen LogP contribution in [-0.2, 0) is 16.1 Å². The monoisotopic (exact) mass is 477 g/mol. The Kier molecular flexibility index (Phi) is 7.39. The summed E-state index contributed by atoms with van der Waals surface area (Å²) in [5.41, 5.74) is 4.34. The molecular weight excluding hydrogens is 450 g/mol. The van der Waals surface area contributed by atoms with E-state index in [1.807, 2.05) is 43.3 Å². The summed E-state index contributed by atoms with van der Waals surface area (Å²) in [6.07, 6.45) is 1.77. The van der Waals surface area contributed by atoms with E-state index in [4.69, 9.17) is 9.84 Å². The molecule has 10 nitrogen and oxygen atoms in total. The second-order valence-corrected chi connectivity index (χ2v) is 8.27. The predicted octanol–water partition coefficient (Wildman–Crippen LogP) is 2.80. The van der Waals surface area contributed by atoms with Gasteiger partial charge in [0.05, 0.1) is 12.7 Å². The minimum Gasteiger partial charge on any atom is -0.476 e. The molecule has 0 fully saturated rings. The van der Waals surface area contributed by atoms with Gasteiger partial charge < -0.3 is 20.5 Å². The first-order valence-electron chi connectivity index (χ1n) is 11.5. The van der Waals surface area contributed by atoms with Crippen LogP contribution in [0.4, 0.5) is 4.79 Å². The molecule has 0 saturated heterocycles. The number of nitrogens with one attached hydrogen (secondary N) is 2. The molecule has 0 unspecified atom stereocenters. The molecule has 0 spiro atoms. The number of benzene rings is 2. The van der Waals surface area contributed by atoms with Crippen LogP contribution < -0.4 is 10.6 Å². The van der Waals surface area contributed by atoms with Crippen LogP contribution in [0.15, 0.2) is 54.7 Å². The molecule has 1 aromatic heterocycles. The number of ether oxygens (including phenoxy) is 1. The van der Waals surface area contributed by atoms with Crippen molar-refractivity contribution >= 4 is 18.0 Å². The van der Waals surface area contributed by atoms with Gasteiger partial charge in [0.2, 0.25) is 5.91 Å². The van der Waals surface area contributed by atoms with Crippen LogP contribution in [0.1, 0.15) is 47.3 Å². The maximum Gasteiger partial charge on any atom is 0.407 e. The summed E-state index contributed by atoms with van der Waals surface area (Å²) in [5, 5.41) is 21.5. The van der Waals surface area contributed by atoms with Crippen LogP contribution in [0.5, 0.6) is 0 Å². The lowest BCUT2D eigenvalue weighted by atomic mass is 9.98. The quantitative estimate of drug-likeness (QED) is 0.409. The Bertz CT molecular complexity index is 1180. The van der Waals surface area contributed by atoms with Crippen molar-refractivity contribution in [2.24, 2.45) is 0 Å². The molecule has 0 bridgehead atoms. The van der Waals surface area contributed by atoms with Crippen molar-refractivity contribution in [2.75, 3.05) is 13.2 Å². The van der Waals surface area contributed by atoms with Gasteiger partial charge in [0, 0.05) is 12.5 Å². The molecule has 1 aliphatic carbocycles. The Morgan fingerprint density at radius 3 is 2.34 bits per heavy atom. The summed E-state index contributed by atoms with van der Waals surface area (Å²) in [6.45, 7) is 2.53. The number of aromatic carboxylic acids is 1. The highest BCUT2D eigenvalue weighted by Crippen LogP contribution is 2.44. The zero-order valence-electron chi connectivity index (χ0n) is 19.3. The van der Waals surface area contributed by atoms with Crippen LogP contribution >= 0.6 is 0 Å². The number of fused-ring (bicyclic) bond motifs is 3. The van der Waals surface area contributed by atoms with E-state index in [2.05, 4.69) is 33.1 Å². The largest absolute Gasteiger partial charge is 0.476 e. The molecule has 1 atom stereocenters. The molecule has 10 heteroatoms. The van der Waals surface area contributed by atoms with Gasteiger partial charge in [-0.15, -0.1) is 5.10 Å². The average Bonchev–Trinajstić information content (AvgIpc) is 3.46. The van der Waals surface area contributed by atoms with Crippen molar-refractivity contribution in [3.05, 3.63) is 71.5 Å². The van der Waals surface area contributed by atoms with Crippen molar-refractivity contribution in [3.8, 4) is 11.1 Å². The van der Waals surface area contributed by atoms with Gasteiger partial charge in [-0.3, -0.25) is 4.79 Å². The fraction of sp³-hybridized carbons (Fsp3) is 0.320. The third-order valence-corrected chi connectivity index (χ3v) is 5.93. The van der Waals surface area contributed by atoms with E-state index in [1.165, 1.54) is 10.9 Å². The molecule has 3 aromatic rings. The van der Waals surface area contributed by atoms with Gasteiger partial charge in [-0.25, -0.2) is 14.3 Å². The van der Waals surface area contributed by atoms with E-state index in [0.717, 1.165) is 22.3 Å². The lowest BCUT2D eigenvalue weighted by Crippen LogP contribution is -2.47. The minimum absolute atomic E-state index is 0.0648. The van der Waals surface area contributed by atoms with Crippen LogP contribution in [0, 0.1) is 0 Å². The van der Waals surface area contributed by atoms with Crippen LogP contribution in [-0.4, -0.2) is 57.3 Å². The molecule has 4 rings (SSSR count). The molecular formula is C25H27N5O5. The number of rotatable bonds is 10. The number of carboxylic acids is 1. The van der Waals surface area contributed by atoms with E-state index >= 15 is 0 Å². The van der Waals surface area contributed by atoms with Gasteiger partial charge in [-0.05, 0) is 28.7 Å². The number of nitrogens with zero attached hydrogens (tertiary/aromatic N) is 3. The highest BCUT2D eigenvalue weighted by atomic mass is 16.5. The van der Waals surface area contributed by atoms with E-state index in [1.54, 1.807) is 0 Å². The van der Waals surface area contributed by atoms with E-state index < -0.39 is 18.1 Å². The smallest absolute Gasteiger partial charge is 0.407 e. The summed E-state index contributed by atoms with van der Waals surface area (Å²) < 4.78 is 6.89. The van der Waals surface area contributed by atoms with Crippen LogP contribution in [0.2, 0.25) is 0 Å². The zero-order chi connectivity index (χ0) is 24.8. The maximum absolute atomic E-state index is 12.6. The first-order chi connectivity index (χ1) is 17.0. The van der Waals surface area contributed by atoms with Gasteiger partial charge >= 0.3 is 12.1 Å². The minimum atomic E-state index is -1.17. The number of carbonyl (C=O) groups is 3. The first-order valence-corrected chi connectivity index (χ1v) is 11.5. The van der Waals surface area contributed by atoms with Gasteiger partial charge in [-0.2, -0.15) is 0 Å². The molecule has 0 radical (unpaired) electrons. The van der Waals surface area contributed by atoms with Crippen LogP contribution in [0.25, 0.3) is 11.1 Å². The number of alkyl carbamates (subject to hydrolysis) is 1. The number of amides is 2. The fourth-order valence-electron chi connectivity index (χ4n) is 4.26. The maximum atomic E-state index is 12.6. The van der Waals surface area contributed by atoms with Crippen molar-refractivity contribution in [2.45, 2.75) is 38.3 Å². The Labute approximate surface area is 202 Å². The zero-order valence-corrected chi connectivity index (χ0v) is 19.3. The molecule has 1 heterocycles. The number of carboxylic acid groups (broad SMARTS) is 1. The lowest BCUT2D eigenvalue weighted by Gasteiger charge is -2.19. The second-order valence-electron chi connectivity index (χ2n) is 8.27. The molecule has 2 amide bonds. The Morgan fingerprint density at radius 1 is 1.09 bits per heavy atom. The van der Waals surface area contributed by atoms with E-state index in [-0.39, 0.29) is 37.2 Å². The Balaban J connectivity index is 1.31. The normalized spacial score (nSPS) is 12.9. The highest BCUT2D eigenvalue weighted by molar-refractivity contribution is 5.86. The summed E-state index contributed by atoms with van der Waals surface area (Å²) in [7, 11) is 0. The summed E-state index contributed by atoms with van der Waals surface area (Å²) in [6, 6.07) is 15.4. The predicted molar refractivity (Wildman–Crippen MR) is 127 cm³/mol. The van der Waals surface area contributed by atoms with E-state index in [9.17, 15) is 14.4 Å². The molecule has 3 N–H and O–H groups in total. The van der Waals surface area contributed by atoms with Crippen molar-refractivity contribution < 1.29 is 24.2 Å². The Hall–Kier alpha value is -4.21. The molecule has 2 aromatic carbocycles. The molecule has 35 heavy (non-hydrogen) atoms. The number of aromatic nitrogens is 3. The number of hydrogen-bond donors (Lipinski definition) is 3. The lowest BCUT2D eigenvalue weighted by molar-refractivity contribution is -0.123. The number of hydrogen-bond acceptors (Lipinski definition) is 6. The van der Waals surface area contributed by atoms with Gasteiger partial charge in [0.25, 0.3) is 0 Å². The highest BCUT2D eigenvalue weighted by Gasteiger charge is 2.29. The summed E-state index contributed by atoms with van der Waals surface area (Å²) >= 11 is 0. The Morgan fingerprint density at radius 2 is 1.74 bits per heavy atom. The van der Waals surface area contributed by atoms with E-state index in [0.29, 0.717) is 12.8 Å². The fourth-order valence-corrected chi connectivity index (χ4v) is 4.26. The third kappa shape index (κ3) is 5.48. The topological polar surface area (TPSA) is 135 Å². The second kappa shape index (κ2) is 10.8. The van der Waals surface area contributed by atoms with Crippen molar-refractivity contribution in [1.82, 2.24) is 25.6 Å².